The standard InChI is InChI=1S/C21H28N6S/c1-4-13(2)7-10-23-19-18(20-26-16-12-22-9-8-17(16)28-20)14(3)25-21(27-19)24-11-15-5-6-15/h8-9,12-13,15H,4-7,10-11H2,1-3H3,(H2,23,24,25,27). The van der Waals surface area contributed by atoms with E-state index in [-0.39, 0.29) is 0 Å². The van der Waals surface area contributed by atoms with Crippen LogP contribution in [0.4, 0.5) is 11.8 Å². The van der Waals surface area contributed by atoms with Crippen molar-refractivity contribution in [1.82, 2.24) is 19.9 Å². The van der Waals surface area contributed by atoms with Gasteiger partial charge in [0.15, 0.2) is 0 Å². The summed E-state index contributed by atoms with van der Waals surface area (Å²) in [6, 6.07) is 2.01. The molecule has 0 aliphatic heterocycles. The third-order valence-corrected chi connectivity index (χ3v) is 6.42. The Morgan fingerprint density at radius 2 is 2.07 bits per heavy atom. The van der Waals surface area contributed by atoms with Crippen molar-refractivity contribution in [3.05, 3.63) is 24.2 Å². The molecule has 0 aromatic carbocycles. The maximum Gasteiger partial charge on any atom is 0.224 e. The van der Waals surface area contributed by atoms with Crippen LogP contribution in [-0.4, -0.2) is 33.0 Å². The Morgan fingerprint density at radius 3 is 2.82 bits per heavy atom. The molecule has 6 nitrogen and oxygen atoms in total. The van der Waals surface area contributed by atoms with Gasteiger partial charge in [-0.15, -0.1) is 11.3 Å². The first-order chi connectivity index (χ1) is 13.6. The van der Waals surface area contributed by atoms with Crippen LogP contribution in [0.25, 0.3) is 20.8 Å². The second-order valence-electron chi connectivity index (χ2n) is 7.77. The Kier molecular flexibility index (Phi) is 5.71. The van der Waals surface area contributed by atoms with E-state index in [9.17, 15) is 0 Å². The van der Waals surface area contributed by atoms with Crippen molar-refractivity contribution in [2.45, 2.75) is 46.5 Å². The molecule has 0 spiro atoms. The van der Waals surface area contributed by atoms with Crippen molar-refractivity contribution < 1.29 is 0 Å². The molecule has 1 aliphatic carbocycles. The molecule has 148 valence electrons. The summed E-state index contributed by atoms with van der Waals surface area (Å²) in [6.07, 6.45) is 8.55. The number of nitrogens with zero attached hydrogens (tertiary/aromatic N) is 4. The molecule has 3 aromatic rings. The molecular formula is C21H28N6S. The summed E-state index contributed by atoms with van der Waals surface area (Å²) in [5.41, 5.74) is 2.87. The summed E-state index contributed by atoms with van der Waals surface area (Å²) in [5.74, 6) is 3.06. The van der Waals surface area contributed by atoms with Gasteiger partial charge in [0.05, 0.1) is 22.2 Å². The molecule has 3 aromatic heterocycles. The number of rotatable bonds is 9. The molecule has 7 heteroatoms. The Bertz CT molecular complexity index is 916. The van der Waals surface area contributed by atoms with Crippen LogP contribution in [0.3, 0.4) is 0 Å². The van der Waals surface area contributed by atoms with Gasteiger partial charge < -0.3 is 10.6 Å². The molecule has 3 heterocycles. The molecule has 1 fully saturated rings. The van der Waals surface area contributed by atoms with E-state index in [1.807, 2.05) is 25.4 Å². The van der Waals surface area contributed by atoms with Crippen molar-refractivity contribution >= 4 is 33.3 Å². The smallest absolute Gasteiger partial charge is 0.224 e. The first kappa shape index (κ1) is 19.1. The summed E-state index contributed by atoms with van der Waals surface area (Å²) < 4.78 is 1.13. The minimum absolute atomic E-state index is 0.694. The minimum atomic E-state index is 0.694. The quantitative estimate of drug-likeness (QED) is 0.522. The Hall–Kier alpha value is -2.28. The van der Waals surface area contributed by atoms with Gasteiger partial charge in [-0.25, -0.2) is 9.97 Å². The highest BCUT2D eigenvalue weighted by molar-refractivity contribution is 7.21. The lowest BCUT2D eigenvalue weighted by atomic mass is 10.1. The van der Waals surface area contributed by atoms with Crippen LogP contribution in [0.2, 0.25) is 0 Å². The van der Waals surface area contributed by atoms with Crippen LogP contribution in [0.5, 0.6) is 0 Å². The first-order valence-corrected chi connectivity index (χ1v) is 11.0. The summed E-state index contributed by atoms with van der Waals surface area (Å²) in [4.78, 5) is 18.5. The third kappa shape index (κ3) is 4.41. The van der Waals surface area contributed by atoms with E-state index in [0.717, 1.165) is 57.7 Å². The molecule has 1 atom stereocenters. The number of hydrogen-bond donors (Lipinski definition) is 2. The van der Waals surface area contributed by atoms with Gasteiger partial charge in [0, 0.05) is 19.3 Å². The maximum atomic E-state index is 4.82. The van der Waals surface area contributed by atoms with Crippen molar-refractivity contribution in [3.63, 3.8) is 0 Å². The summed E-state index contributed by atoms with van der Waals surface area (Å²) in [7, 11) is 0. The van der Waals surface area contributed by atoms with Crippen molar-refractivity contribution in [2.24, 2.45) is 11.8 Å². The van der Waals surface area contributed by atoms with E-state index < -0.39 is 0 Å². The average molecular weight is 397 g/mol. The van der Waals surface area contributed by atoms with E-state index in [0.29, 0.717) is 11.9 Å². The van der Waals surface area contributed by atoms with E-state index in [1.165, 1.54) is 19.3 Å². The summed E-state index contributed by atoms with van der Waals surface area (Å²) in [6.45, 7) is 8.42. The second-order valence-corrected chi connectivity index (χ2v) is 8.80. The maximum absolute atomic E-state index is 4.82. The van der Waals surface area contributed by atoms with E-state index >= 15 is 0 Å². The topological polar surface area (TPSA) is 75.6 Å². The van der Waals surface area contributed by atoms with E-state index in [4.69, 9.17) is 15.0 Å². The van der Waals surface area contributed by atoms with E-state index in [1.54, 1.807) is 11.3 Å². The van der Waals surface area contributed by atoms with Crippen LogP contribution >= 0.6 is 11.3 Å². The number of aryl methyl sites for hydroxylation is 1. The van der Waals surface area contributed by atoms with Gasteiger partial charge in [-0.2, -0.15) is 4.98 Å². The lowest BCUT2D eigenvalue weighted by Gasteiger charge is -2.15. The van der Waals surface area contributed by atoms with Crippen LogP contribution in [0.15, 0.2) is 18.5 Å². The highest BCUT2D eigenvalue weighted by Gasteiger charge is 2.22. The lowest BCUT2D eigenvalue weighted by Crippen LogP contribution is -2.13. The monoisotopic (exact) mass is 396 g/mol. The van der Waals surface area contributed by atoms with Crippen molar-refractivity contribution in [1.29, 1.82) is 0 Å². The summed E-state index contributed by atoms with van der Waals surface area (Å²) in [5, 5.41) is 7.92. The van der Waals surface area contributed by atoms with Crippen LogP contribution in [0, 0.1) is 18.8 Å². The summed E-state index contributed by atoms with van der Waals surface area (Å²) >= 11 is 1.67. The predicted molar refractivity (Wildman–Crippen MR) is 117 cm³/mol. The average Bonchev–Trinajstić information content (AvgIpc) is 3.43. The molecule has 0 amide bonds. The zero-order chi connectivity index (χ0) is 19.5. The van der Waals surface area contributed by atoms with Crippen molar-refractivity contribution in [3.8, 4) is 10.6 Å². The number of pyridine rings is 1. The SMILES string of the molecule is CCC(C)CCNc1nc(NCC2CC2)nc(C)c1-c1nc2cnccc2s1. The fraction of sp³-hybridized carbons (Fsp3) is 0.524. The number of thiazole rings is 1. The lowest BCUT2D eigenvalue weighted by molar-refractivity contribution is 0.531. The molecule has 4 rings (SSSR count). The fourth-order valence-corrected chi connectivity index (χ4v) is 4.15. The fourth-order valence-electron chi connectivity index (χ4n) is 3.12. The minimum Gasteiger partial charge on any atom is -0.369 e. The number of aromatic nitrogens is 4. The van der Waals surface area contributed by atoms with Crippen LogP contribution < -0.4 is 10.6 Å². The Balaban J connectivity index is 1.65. The van der Waals surface area contributed by atoms with Gasteiger partial charge in [0.25, 0.3) is 0 Å². The Morgan fingerprint density at radius 1 is 1.21 bits per heavy atom. The third-order valence-electron chi connectivity index (χ3n) is 5.37. The second kappa shape index (κ2) is 8.39. The molecule has 2 N–H and O–H groups in total. The molecule has 0 bridgehead atoms. The van der Waals surface area contributed by atoms with Crippen LogP contribution in [-0.2, 0) is 0 Å². The number of hydrogen-bond acceptors (Lipinski definition) is 7. The van der Waals surface area contributed by atoms with Gasteiger partial charge in [-0.3, -0.25) is 4.98 Å². The molecule has 0 radical (unpaired) electrons. The molecule has 0 saturated heterocycles. The Labute approximate surface area is 170 Å². The highest BCUT2D eigenvalue weighted by atomic mass is 32.1. The van der Waals surface area contributed by atoms with Gasteiger partial charge in [0.1, 0.15) is 16.3 Å². The molecule has 1 saturated carbocycles. The zero-order valence-electron chi connectivity index (χ0n) is 16.8. The molecular weight excluding hydrogens is 368 g/mol. The van der Waals surface area contributed by atoms with E-state index in [2.05, 4.69) is 29.5 Å². The van der Waals surface area contributed by atoms with Crippen LogP contribution in [0.1, 0.15) is 45.2 Å². The number of fused-ring (bicyclic) bond motifs is 1. The normalized spacial score (nSPS) is 15.0. The first-order valence-electron chi connectivity index (χ1n) is 10.2. The number of nitrogens with one attached hydrogen (secondary N) is 2. The molecule has 28 heavy (non-hydrogen) atoms. The molecule has 1 aliphatic rings. The largest absolute Gasteiger partial charge is 0.369 e. The molecule has 1 unspecified atom stereocenters. The van der Waals surface area contributed by atoms with Gasteiger partial charge >= 0.3 is 0 Å². The van der Waals surface area contributed by atoms with Gasteiger partial charge in [-0.1, -0.05) is 20.3 Å². The van der Waals surface area contributed by atoms with Gasteiger partial charge in [-0.05, 0) is 44.1 Å². The highest BCUT2D eigenvalue weighted by Crippen LogP contribution is 2.36. The van der Waals surface area contributed by atoms with Crippen molar-refractivity contribution in [2.75, 3.05) is 23.7 Å². The zero-order valence-corrected chi connectivity index (χ0v) is 17.6. The van der Waals surface area contributed by atoms with Gasteiger partial charge in [0.2, 0.25) is 5.95 Å². The number of anilines is 2. The predicted octanol–water partition coefficient (Wildman–Crippen LogP) is 5.13.